The van der Waals surface area contributed by atoms with Crippen LogP contribution in [0.15, 0.2) is 77.7 Å². The largest absolute Gasteiger partial charge is 0.352 e. The lowest BCUT2D eigenvalue weighted by molar-refractivity contribution is -0.128. The number of fused-ring (bicyclic) bond motifs is 1. The van der Waals surface area contributed by atoms with Crippen molar-refractivity contribution in [2.45, 2.75) is 30.2 Å². The second-order valence-corrected chi connectivity index (χ2v) is 9.21. The Bertz CT molecular complexity index is 1160. The van der Waals surface area contributed by atoms with Gasteiger partial charge in [0.15, 0.2) is 0 Å². The minimum atomic E-state index is -0.622. The van der Waals surface area contributed by atoms with Gasteiger partial charge in [-0.05, 0) is 29.8 Å². The molecule has 0 fully saturated rings. The van der Waals surface area contributed by atoms with Gasteiger partial charge in [0.05, 0.1) is 18.2 Å². The zero-order chi connectivity index (χ0) is 22.7. The maximum Gasteiger partial charge on any atom is 0.241 e. The van der Waals surface area contributed by atoms with Crippen molar-refractivity contribution in [3.8, 4) is 0 Å². The fourth-order valence-corrected chi connectivity index (χ4v) is 5.13. The highest BCUT2D eigenvalue weighted by atomic mass is 35.5. The maximum absolute atomic E-state index is 14.3. The van der Waals surface area contributed by atoms with Crippen molar-refractivity contribution in [3.63, 3.8) is 0 Å². The third-order valence-corrected chi connectivity index (χ3v) is 7.32. The van der Waals surface area contributed by atoms with Gasteiger partial charge in [-0.3, -0.25) is 9.59 Å². The van der Waals surface area contributed by atoms with Gasteiger partial charge < -0.3 is 10.2 Å². The van der Waals surface area contributed by atoms with E-state index in [1.165, 1.54) is 17.8 Å². The minimum Gasteiger partial charge on any atom is -0.352 e. The zero-order valence-electron chi connectivity index (χ0n) is 17.4. The van der Waals surface area contributed by atoms with Crippen LogP contribution in [0.3, 0.4) is 0 Å². The molecule has 0 aromatic heterocycles. The minimum absolute atomic E-state index is 0.105. The lowest BCUT2D eigenvalue weighted by atomic mass is 10.0. The van der Waals surface area contributed by atoms with Crippen LogP contribution in [-0.4, -0.2) is 17.1 Å². The van der Waals surface area contributed by atoms with Crippen molar-refractivity contribution in [1.29, 1.82) is 0 Å². The van der Waals surface area contributed by atoms with E-state index in [0.717, 1.165) is 16.1 Å². The number of halogens is 2. The first-order chi connectivity index (χ1) is 15.5. The standard InChI is InChI=1S/C25H22ClFN2O2S/c1-16(24(30)28-14-17-8-2-4-10-19(17)26)23-25(31)29(15-18-9-3-5-11-20(18)27)21-12-6-7-13-22(21)32-23/h2-13,16,23H,14-15H2,1H3,(H,28,30)/t16-,23+/m1/s1. The molecule has 0 spiro atoms. The molecule has 0 bridgehead atoms. The predicted octanol–water partition coefficient (Wildman–Crippen LogP) is 5.44. The molecule has 1 aliphatic heterocycles. The van der Waals surface area contributed by atoms with Gasteiger partial charge in [-0.1, -0.05) is 67.1 Å². The number of carbonyl (C=O) groups excluding carboxylic acids is 2. The summed E-state index contributed by atoms with van der Waals surface area (Å²) in [6.07, 6.45) is 0. The molecule has 1 heterocycles. The Morgan fingerprint density at radius 1 is 1.06 bits per heavy atom. The van der Waals surface area contributed by atoms with Gasteiger partial charge in [-0.15, -0.1) is 11.8 Å². The van der Waals surface area contributed by atoms with Gasteiger partial charge in [0.2, 0.25) is 11.8 Å². The van der Waals surface area contributed by atoms with Crippen molar-refractivity contribution in [3.05, 3.63) is 94.8 Å². The fraction of sp³-hybridized carbons (Fsp3) is 0.200. The normalized spacial score (nSPS) is 16.4. The summed E-state index contributed by atoms with van der Waals surface area (Å²) in [5.41, 5.74) is 1.96. The third kappa shape index (κ3) is 4.66. The maximum atomic E-state index is 14.3. The molecule has 2 atom stereocenters. The highest BCUT2D eigenvalue weighted by molar-refractivity contribution is 8.01. The van der Waals surface area contributed by atoms with Crippen LogP contribution < -0.4 is 10.2 Å². The Morgan fingerprint density at radius 2 is 1.72 bits per heavy atom. The molecule has 4 rings (SSSR count). The molecule has 0 radical (unpaired) electrons. The Hall–Kier alpha value is -2.83. The quantitative estimate of drug-likeness (QED) is 0.524. The molecule has 2 amide bonds. The molecule has 3 aromatic rings. The Balaban J connectivity index is 1.55. The number of nitrogens with one attached hydrogen (secondary N) is 1. The van der Waals surface area contributed by atoms with Crippen LogP contribution in [0.5, 0.6) is 0 Å². The average Bonchev–Trinajstić information content (AvgIpc) is 2.80. The first-order valence-electron chi connectivity index (χ1n) is 10.3. The van der Waals surface area contributed by atoms with Crippen LogP contribution in [0.25, 0.3) is 0 Å². The number of benzene rings is 3. The van der Waals surface area contributed by atoms with E-state index in [1.807, 2.05) is 42.5 Å². The van der Waals surface area contributed by atoms with E-state index in [-0.39, 0.29) is 30.7 Å². The van der Waals surface area contributed by atoms with E-state index in [2.05, 4.69) is 5.32 Å². The van der Waals surface area contributed by atoms with Gasteiger partial charge in [-0.2, -0.15) is 0 Å². The third-order valence-electron chi connectivity index (χ3n) is 5.48. The van der Waals surface area contributed by atoms with Crippen LogP contribution in [0.4, 0.5) is 10.1 Å². The number of carbonyl (C=O) groups is 2. The number of nitrogens with zero attached hydrogens (tertiary/aromatic N) is 1. The number of rotatable bonds is 6. The molecule has 0 aliphatic carbocycles. The molecule has 32 heavy (non-hydrogen) atoms. The molecule has 4 nitrogen and oxygen atoms in total. The summed E-state index contributed by atoms with van der Waals surface area (Å²) in [4.78, 5) is 28.8. The molecule has 0 saturated heterocycles. The van der Waals surface area contributed by atoms with Crippen LogP contribution in [-0.2, 0) is 22.7 Å². The van der Waals surface area contributed by atoms with Gasteiger partial charge in [0, 0.05) is 22.0 Å². The molecule has 3 aromatic carbocycles. The van der Waals surface area contributed by atoms with Gasteiger partial charge in [0.25, 0.3) is 0 Å². The fourth-order valence-electron chi connectivity index (χ4n) is 3.64. The average molecular weight is 469 g/mol. The SMILES string of the molecule is C[C@@H](C(=O)NCc1ccccc1Cl)[C@@H]1Sc2ccccc2N(Cc2ccccc2F)C1=O. The molecular formula is C25H22ClFN2O2S. The number of thioether (sulfide) groups is 1. The van der Waals surface area contributed by atoms with Crippen molar-refractivity contribution in [1.82, 2.24) is 5.32 Å². The van der Waals surface area contributed by atoms with E-state index in [1.54, 1.807) is 36.1 Å². The monoisotopic (exact) mass is 468 g/mol. The lowest BCUT2D eigenvalue weighted by Gasteiger charge is -2.35. The second kappa shape index (κ2) is 9.76. The van der Waals surface area contributed by atoms with Crippen molar-refractivity contribution < 1.29 is 14.0 Å². The van der Waals surface area contributed by atoms with Gasteiger partial charge in [-0.25, -0.2) is 4.39 Å². The van der Waals surface area contributed by atoms with Gasteiger partial charge >= 0.3 is 0 Å². The van der Waals surface area contributed by atoms with Crippen LogP contribution in [0.2, 0.25) is 5.02 Å². The van der Waals surface area contributed by atoms with Crippen molar-refractivity contribution >= 4 is 40.9 Å². The van der Waals surface area contributed by atoms with Crippen molar-refractivity contribution in [2.75, 3.05) is 4.90 Å². The zero-order valence-corrected chi connectivity index (χ0v) is 19.0. The number of hydrogen-bond acceptors (Lipinski definition) is 3. The highest BCUT2D eigenvalue weighted by Gasteiger charge is 2.39. The summed E-state index contributed by atoms with van der Waals surface area (Å²) in [7, 11) is 0. The highest BCUT2D eigenvalue weighted by Crippen LogP contribution is 2.42. The topological polar surface area (TPSA) is 49.4 Å². The number of para-hydroxylation sites is 1. The van der Waals surface area contributed by atoms with E-state index in [0.29, 0.717) is 10.6 Å². The van der Waals surface area contributed by atoms with Crippen LogP contribution >= 0.6 is 23.4 Å². The molecule has 0 unspecified atom stereocenters. The molecule has 7 heteroatoms. The number of anilines is 1. The number of hydrogen-bond donors (Lipinski definition) is 1. The van der Waals surface area contributed by atoms with Crippen LogP contribution in [0, 0.1) is 11.7 Å². The smallest absolute Gasteiger partial charge is 0.241 e. The first kappa shape index (κ1) is 22.4. The van der Waals surface area contributed by atoms with Gasteiger partial charge in [0.1, 0.15) is 11.1 Å². The molecule has 1 N–H and O–H groups in total. The first-order valence-corrected chi connectivity index (χ1v) is 11.5. The summed E-state index contributed by atoms with van der Waals surface area (Å²) in [5, 5.41) is 2.84. The second-order valence-electron chi connectivity index (χ2n) is 7.62. The van der Waals surface area contributed by atoms with E-state index < -0.39 is 11.2 Å². The van der Waals surface area contributed by atoms with Crippen molar-refractivity contribution in [2.24, 2.45) is 5.92 Å². The van der Waals surface area contributed by atoms with E-state index >= 15 is 0 Å². The molecule has 0 saturated carbocycles. The predicted molar refractivity (Wildman–Crippen MR) is 126 cm³/mol. The Morgan fingerprint density at radius 3 is 2.47 bits per heavy atom. The summed E-state index contributed by atoms with van der Waals surface area (Å²) in [6.45, 7) is 2.13. The lowest BCUT2D eigenvalue weighted by Crippen LogP contribution is -2.47. The summed E-state index contributed by atoms with van der Waals surface area (Å²) in [6, 6.07) is 21.2. The molecular weight excluding hydrogens is 447 g/mol. The van der Waals surface area contributed by atoms with E-state index in [9.17, 15) is 14.0 Å². The molecule has 1 aliphatic rings. The Labute approximate surface area is 195 Å². The summed E-state index contributed by atoms with van der Waals surface area (Å²) in [5.74, 6) is -1.40. The van der Waals surface area contributed by atoms with Crippen LogP contribution in [0.1, 0.15) is 18.1 Å². The summed E-state index contributed by atoms with van der Waals surface area (Å²) >= 11 is 7.55. The Kier molecular flexibility index (Phi) is 6.82. The number of amides is 2. The molecule has 164 valence electrons. The van der Waals surface area contributed by atoms with E-state index in [4.69, 9.17) is 11.6 Å². The summed E-state index contributed by atoms with van der Waals surface area (Å²) < 4.78 is 14.3.